The van der Waals surface area contributed by atoms with Gasteiger partial charge in [-0.1, -0.05) is 0 Å². The Labute approximate surface area is 104 Å². The van der Waals surface area contributed by atoms with Crippen LogP contribution >= 0.6 is 0 Å². The van der Waals surface area contributed by atoms with Crippen LogP contribution in [0.25, 0.3) is 0 Å². The zero-order valence-corrected chi connectivity index (χ0v) is 11.5. The molecule has 3 N–H and O–H groups in total. The van der Waals surface area contributed by atoms with Crippen LogP contribution in [-0.2, 0) is 4.74 Å². The summed E-state index contributed by atoms with van der Waals surface area (Å²) in [6.07, 6.45) is 4.84. The van der Waals surface area contributed by atoms with E-state index in [0.717, 1.165) is 25.7 Å². The van der Waals surface area contributed by atoms with E-state index in [1.54, 1.807) is 0 Å². The fraction of sp³-hybridized carbons (Fsp3) is 0.923. The zero-order valence-electron chi connectivity index (χ0n) is 11.5. The van der Waals surface area contributed by atoms with Gasteiger partial charge in [-0.05, 0) is 59.8 Å². The SMILES string of the molecule is C[C@H](N)CCC1(NC(=O)OC(C)(C)C)CCC1. The normalized spacial score (nSPS) is 20.3. The van der Waals surface area contributed by atoms with Gasteiger partial charge in [0.25, 0.3) is 0 Å². The Morgan fingerprint density at radius 1 is 1.47 bits per heavy atom. The average molecular weight is 242 g/mol. The van der Waals surface area contributed by atoms with Crippen LogP contribution in [0.15, 0.2) is 0 Å². The van der Waals surface area contributed by atoms with Crippen molar-refractivity contribution in [3.05, 3.63) is 0 Å². The minimum atomic E-state index is -0.434. The van der Waals surface area contributed by atoms with Crippen molar-refractivity contribution in [3.63, 3.8) is 0 Å². The van der Waals surface area contributed by atoms with Gasteiger partial charge >= 0.3 is 6.09 Å². The lowest BCUT2D eigenvalue weighted by Gasteiger charge is -2.43. The van der Waals surface area contributed by atoms with E-state index >= 15 is 0 Å². The number of rotatable bonds is 4. The molecule has 1 aliphatic rings. The molecule has 1 amide bonds. The Morgan fingerprint density at radius 3 is 2.41 bits per heavy atom. The highest BCUT2D eigenvalue weighted by Crippen LogP contribution is 2.36. The van der Waals surface area contributed by atoms with Gasteiger partial charge in [0.15, 0.2) is 0 Å². The number of nitrogens with two attached hydrogens (primary N) is 1. The maximum absolute atomic E-state index is 11.7. The van der Waals surface area contributed by atoms with Crippen molar-refractivity contribution < 1.29 is 9.53 Å². The molecular formula is C13H26N2O2. The van der Waals surface area contributed by atoms with Crippen molar-refractivity contribution in [2.24, 2.45) is 5.73 Å². The second-order valence-corrected chi connectivity index (χ2v) is 6.28. The molecule has 0 spiro atoms. The molecule has 0 heterocycles. The maximum Gasteiger partial charge on any atom is 0.408 e. The van der Waals surface area contributed by atoms with Crippen LogP contribution in [0.5, 0.6) is 0 Å². The van der Waals surface area contributed by atoms with Crippen LogP contribution in [0.2, 0.25) is 0 Å². The van der Waals surface area contributed by atoms with Gasteiger partial charge in [0.2, 0.25) is 0 Å². The molecule has 0 aromatic heterocycles. The minimum absolute atomic E-state index is 0.0596. The fourth-order valence-electron chi connectivity index (χ4n) is 2.07. The highest BCUT2D eigenvalue weighted by Gasteiger charge is 2.39. The van der Waals surface area contributed by atoms with Crippen molar-refractivity contribution >= 4 is 6.09 Å². The summed E-state index contributed by atoms with van der Waals surface area (Å²) in [4.78, 5) is 11.7. The number of ether oxygens (including phenoxy) is 1. The van der Waals surface area contributed by atoms with Crippen molar-refractivity contribution in [1.29, 1.82) is 0 Å². The second kappa shape index (κ2) is 5.25. The van der Waals surface area contributed by atoms with E-state index in [9.17, 15) is 4.79 Å². The van der Waals surface area contributed by atoms with E-state index in [1.807, 2.05) is 27.7 Å². The molecule has 1 fully saturated rings. The summed E-state index contributed by atoms with van der Waals surface area (Å²) >= 11 is 0. The molecule has 0 unspecified atom stereocenters. The van der Waals surface area contributed by atoms with Crippen molar-refractivity contribution in [2.45, 2.75) is 77.0 Å². The molecule has 0 aromatic carbocycles. The molecule has 0 aliphatic heterocycles. The molecule has 4 heteroatoms. The number of hydrogen-bond acceptors (Lipinski definition) is 3. The third kappa shape index (κ3) is 4.94. The topological polar surface area (TPSA) is 64.3 Å². The Morgan fingerprint density at radius 2 is 2.06 bits per heavy atom. The molecule has 4 nitrogen and oxygen atoms in total. The highest BCUT2D eigenvalue weighted by atomic mass is 16.6. The molecular weight excluding hydrogens is 216 g/mol. The molecule has 0 aromatic rings. The smallest absolute Gasteiger partial charge is 0.408 e. The Balaban J connectivity index is 2.43. The molecule has 1 saturated carbocycles. The van der Waals surface area contributed by atoms with Gasteiger partial charge in [0.05, 0.1) is 0 Å². The highest BCUT2D eigenvalue weighted by molar-refractivity contribution is 5.69. The van der Waals surface area contributed by atoms with Crippen LogP contribution in [0, 0.1) is 0 Å². The summed E-state index contributed by atoms with van der Waals surface area (Å²) in [5.41, 5.74) is 5.27. The first kappa shape index (κ1) is 14.3. The van der Waals surface area contributed by atoms with Crippen LogP contribution in [0.1, 0.15) is 59.8 Å². The van der Waals surface area contributed by atoms with Crippen molar-refractivity contribution in [2.75, 3.05) is 0 Å². The second-order valence-electron chi connectivity index (χ2n) is 6.28. The van der Waals surface area contributed by atoms with Crippen LogP contribution < -0.4 is 11.1 Å². The number of carbonyl (C=O) groups excluding carboxylic acids is 1. The maximum atomic E-state index is 11.7. The van der Waals surface area contributed by atoms with Crippen LogP contribution in [-0.4, -0.2) is 23.3 Å². The summed E-state index contributed by atoms with van der Waals surface area (Å²) in [6.45, 7) is 7.63. The standard InChI is InChI=1S/C13H26N2O2/c1-10(14)6-9-13(7-5-8-13)15-11(16)17-12(2,3)4/h10H,5-9,14H2,1-4H3,(H,15,16)/t10-/m0/s1. The van der Waals surface area contributed by atoms with Gasteiger partial charge in [-0.25, -0.2) is 4.79 Å². The van der Waals surface area contributed by atoms with E-state index < -0.39 is 5.60 Å². The molecule has 100 valence electrons. The van der Waals surface area contributed by atoms with E-state index in [2.05, 4.69) is 5.32 Å². The summed E-state index contributed by atoms with van der Waals surface area (Å²) in [6, 6.07) is 0.188. The third-order valence-electron chi connectivity index (χ3n) is 3.16. The number of nitrogens with one attached hydrogen (secondary N) is 1. The third-order valence-corrected chi connectivity index (χ3v) is 3.16. The first-order valence-corrected chi connectivity index (χ1v) is 6.49. The monoisotopic (exact) mass is 242 g/mol. The molecule has 1 aliphatic carbocycles. The lowest BCUT2D eigenvalue weighted by molar-refractivity contribution is 0.0366. The Hall–Kier alpha value is -0.770. The van der Waals surface area contributed by atoms with Gasteiger partial charge in [-0.15, -0.1) is 0 Å². The minimum Gasteiger partial charge on any atom is -0.444 e. The van der Waals surface area contributed by atoms with Gasteiger partial charge in [-0.3, -0.25) is 0 Å². The molecule has 17 heavy (non-hydrogen) atoms. The quantitative estimate of drug-likeness (QED) is 0.796. The van der Waals surface area contributed by atoms with Crippen LogP contribution in [0.4, 0.5) is 4.79 Å². The van der Waals surface area contributed by atoms with Crippen molar-refractivity contribution in [3.8, 4) is 0 Å². The van der Waals surface area contributed by atoms with Crippen molar-refractivity contribution in [1.82, 2.24) is 5.32 Å². The predicted molar refractivity (Wildman–Crippen MR) is 68.8 cm³/mol. The van der Waals surface area contributed by atoms with Gasteiger partial charge in [-0.2, -0.15) is 0 Å². The van der Waals surface area contributed by atoms with Gasteiger partial charge < -0.3 is 15.8 Å². The lowest BCUT2D eigenvalue weighted by Crippen LogP contribution is -2.55. The zero-order chi connectivity index (χ0) is 13.1. The first-order valence-electron chi connectivity index (χ1n) is 6.49. The number of amides is 1. The Kier molecular flexibility index (Phi) is 4.42. The van der Waals surface area contributed by atoms with E-state index in [1.165, 1.54) is 6.42 Å². The molecule has 0 bridgehead atoms. The van der Waals surface area contributed by atoms with Gasteiger partial charge in [0, 0.05) is 11.6 Å². The predicted octanol–water partition coefficient (Wildman–Crippen LogP) is 2.56. The van der Waals surface area contributed by atoms with E-state index in [4.69, 9.17) is 10.5 Å². The van der Waals surface area contributed by atoms with Crippen LogP contribution in [0.3, 0.4) is 0 Å². The summed E-state index contributed by atoms with van der Waals surface area (Å²) in [5.74, 6) is 0. The summed E-state index contributed by atoms with van der Waals surface area (Å²) in [5, 5.41) is 3.03. The summed E-state index contributed by atoms with van der Waals surface area (Å²) < 4.78 is 5.29. The molecule has 1 atom stereocenters. The molecule has 0 saturated heterocycles. The first-order chi connectivity index (χ1) is 7.72. The van der Waals surface area contributed by atoms with Gasteiger partial charge in [0.1, 0.15) is 5.60 Å². The number of hydrogen-bond donors (Lipinski definition) is 2. The average Bonchev–Trinajstić information content (AvgIpc) is 2.05. The summed E-state index contributed by atoms with van der Waals surface area (Å²) in [7, 11) is 0. The Bertz CT molecular complexity index is 265. The lowest BCUT2D eigenvalue weighted by atomic mass is 9.73. The largest absolute Gasteiger partial charge is 0.444 e. The fourth-order valence-corrected chi connectivity index (χ4v) is 2.07. The number of carbonyl (C=O) groups is 1. The molecule has 0 radical (unpaired) electrons. The molecule has 1 rings (SSSR count). The van der Waals surface area contributed by atoms with E-state index in [0.29, 0.717) is 0 Å². The van der Waals surface area contributed by atoms with E-state index in [-0.39, 0.29) is 17.7 Å². The number of alkyl carbamates (subject to hydrolysis) is 1.